The van der Waals surface area contributed by atoms with E-state index in [0.29, 0.717) is 0 Å². The van der Waals surface area contributed by atoms with Crippen molar-refractivity contribution in [3.8, 4) is 33.4 Å². The molecule has 0 atom stereocenters. The summed E-state index contributed by atoms with van der Waals surface area (Å²) in [7, 11) is 0. The smallest absolute Gasteiger partial charge is 0.0540 e. The van der Waals surface area contributed by atoms with E-state index in [9.17, 15) is 0 Å². The lowest BCUT2D eigenvalue weighted by Crippen LogP contribution is -2.12. The van der Waals surface area contributed by atoms with Gasteiger partial charge < -0.3 is 4.90 Å². The molecule has 0 saturated heterocycles. The fourth-order valence-corrected chi connectivity index (χ4v) is 8.02. The summed E-state index contributed by atoms with van der Waals surface area (Å²) in [4.78, 5) is 2.45. The predicted octanol–water partition coefficient (Wildman–Crippen LogP) is 14.8. The van der Waals surface area contributed by atoms with Crippen LogP contribution in [0.3, 0.4) is 0 Å². The van der Waals surface area contributed by atoms with E-state index in [2.05, 4.69) is 217 Å². The Kier molecular flexibility index (Phi) is 7.55. The molecule has 0 N–H and O–H groups in total. The molecule has 248 valence electrons. The molecule has 0 radical (unpaired) electrons. The second kappa shape index (κ2) is 13.0. The molecule has 0 aromatic heterocycles. The van der Waals surface area contributed by atoms with Crippen LogP contribution in [-0.2, 0) is 0 Å². The summed E-state index contributed by atoms with van der Waals surface area (Å²) in [6, 6.07) is 77.4. The van der Waals surface area contributed by atoms with Crippen molar-refractivity contribution in [2.45, 2.75) is 0 Å². The molecule has 0 unspecified atom stereocenters. The largest absolute Gasteiger partial charge is 0.309 e. The van der Waals surface area contributed by atoms with Crippen molar-refractivity contribution in [1.29, 1.82) is 0 Å². The molecule has 0 amide bonds. The van der Waals surface area contributed by atoms with Gasteiger partial charge in [0.1, 0.15) is 0 Å². The topological polar surface area (TPSA) is 3.24 Å². The third-order valence-corrected chi connectivity index (χ3v) is 10.6. The van der Waals surface area contributed by atoms with Crippen LogP contribution in [0.15, 0.2) is 212 Å². The Hall–Kier alpha value is -6.96. The van der Waals surface area contributed by atoms with Crippen molar-refractivity contribution < 1.29 is 0 Å². The molecule has 0 saturated carbocycles. The second-order valence-electron chi connectivity index (χ2n) is 13.7. The number of para-hydroxylation sites is 2. The maximum atomic E-state index is 2.45. The normalized spacial score (nSPS) is 11.4. The van der Waals surface area contributed by atoms with Crippen LogP contribution in [0.4, 0.5) is 17.1 Å². The first-order valence-electron chi connectivity index (χ1n) is 18.3. The molecular formula is C52H35N. The van der Waals surface area contributed by atoms with Gasteiger partial charge >= 0.3 is 0 Å². The van der Waals surface area contributed by atoms with Gasteiger partial charge in [-0.05, 0) is 108 Å². The van der Waals surface area contributed by atoms with Gasteiger partial charge in [-0.25, -0.2) is 0 Å². The minimum absolute atomic E-state index is 1.10. The van der Waals surface area contributed by atoms with Gasteiger partial charge in [0.15, 0.2) is 0 Å². The first-order valence-corrected chi connectivity index (χ1v) is 18.3. The van der Waals surface area contributed by atoms with E-state index in [0.717, 1.165) is 17.1 Å². The fourth-order valence-electron chi connectivity index (χ4n) is 8.02. The van der Waals surface area contributed by atoms with Gasteiger partial charge in [-0.3, -0.25) is 0 Å². The SMILES string of the molecule is c1ccc(N(c2ccc(-c3ccc4ccccc4c3)cc2)c2ccccc2-c2cc3ccccc3c3ccccc23)c(-c2ccc3ccccc3c2)c1. The molecule has 10 aromatic carbocycles. The Morgan fingerprint density at radius 1 is 0.245 bits per heavy atom. The number of fused-ring (bicyclic) bond motifs is 5. The maximum absolute atomic E-state index is 2.45. The van der Waals surface area contributed by atoms with E-state index >= 15 is 0 Å². The third-order valence-electron chi connectivity index (χ3n) is 10.6. The van der Waals surface area contributed by atoms with Crippen LogP contribution in [0.1, 0.15) is 0 Å². The molecular weight excluding hydrogens is 639 g/mol. The van der Waals surface area contributed by atoms with E-state index in [-0.39, 0.29) is 0 Å². The maximum Gasteiger partial charge on any atom is 0.0540 e. The Balaban J connectivity index is 1.20. The standard InChI is InChI=1S/C52H35N/c1-3-15-39-33-41(27-25-36(39)13-1)38-29-31-44(32-30-38)53(51-23-11-9-19-46(51)43-28-26-37-14-2-4-16-40(37)34-43)52-24-12-10-22-49(52)50-35-42-17-5-6-18-45(42)47-20-7-8-21-48(47)50/h1-35H. The number of rotatable bonds is 6. The summed E-state index contributed by atoms with van der Waals surface area (Å²) < 4.78 is 0. The van der Waals surface area contributed by atoms with E-state index in [4.69, 9.17) is 0 Å². The molecule has 0 heterocycles. The summed E-state index contributed by atoms with van der Waals surface area (Å²) in [6.07, 6.45) is 0. The van der Waals surface area contributed by atoms with Gasteiger partial charge in [0.2, 0.25) is 0 Å². The van der Waals surface area contributed by atoms with Crippen LogP contribution in [0.25, 0.3) is 76.5 Å². The molecule has 0 aliphatic heterocycles. The molecule has 0 bridgehead atoms. The Labute approximate surface area is 309 Å². The van der Waals surface area contributed by atoms with Crippen molar-refractivity contribution in [3.63, 3.8) is 0 Å². The van der Waals surface area contributed by atoms with Crippen LogP contribution < -0.4 is 4.90 Å². The first-order chi connectivity index (χ1) is 26.3. The Morgan fingerprint density at radius 3 is 1.42 bits per heavy atom. The summed E-state index contributed by atoms with van der Waals surface area (Å²) in [6.45, 7) is 0. The summed E-state index contributed by atoms with van der Waals surface area (Å²) in [5.74, 6) is 0. The lowest BCUT2D eigenvalue weighted by Gasteiger charge is -2.30. The van der Waals surface area contributed by atoms with E-state index in [1.54, 1.807) is 0 Å². The second-order valence-corrected chi connectivity index (χ2v) is 13.7. The average molecular weight is 674 g/mol. The Morgan fingerprint density at radius 2 is 0.717 bits per heavy atom. The minimum atomic E-state index is 1.10. The van der Waals surface area contributed by atoms with Crippen LogP contribution in [0, 0.1) is 0 Å². The van der Waals surface area contributed by atoms with Crippen molar-refractivity contribution in [1.82, 2.24) is 0 Å². The van der Waals surface area contributed by atoms with Gasteiger partial charge in [0, 0.05) is 16.8 Å². The highest BCUT2D eigenvalue weighted by Crippen LogP contribution is 2.47. The number of nitrogens with zero attached hydrogens (tertiary/aromatic N) is 1. The lowest BCUT2D eigenvalue weighted by atomic mass is 9.91. The Bertz CT molecular complexity index is 2960. The zero-order valence-corrected chi connectivity index (χ0v) is 29.2. The molecule has 0 fully saturated rings. The quantitative estimate of drug-likeness (QED) is 0.159. The summed E-state index contributed by atoms with van der Waals surface area (Å²) >= 11 is 0. The summed E-state index contributed by atoms with van der Waals surface area (Å²) in [5.41, 5.74) is 10.5. The molecule has 0 aliphatic rings. The molecule has 0 aliphatic carbocycles. The molecule has 10 aromatic rings. The van der Waals surface area contributed by atoms with Crippen LogP contribution >= 0.6 is 0 Å². The summed E-state index contributed by atoms with van der Waals surface area (Å²) in [5, 5.41) is 9.98. The zero-order chi connectivity index (χ0) is 35.1. The molecule has 10 rings (SSSR count). The number of anilines is 3. The number of hydrogen-bond donors (Lipinski definition) is 0. The average Bonchev–Trinajstić information content (AvgIpc) is 3.24. The van der Waals surface area contributed by atoms with E-state index in [1.165, 1.54) is 76.5 Å². The lowest BCUT2D eigenvalue weighted by molar-refractivity contribution is 1.28. The third kappa shape index (κ3) is 5.51. The zero-order valence-electron chi connectivity index (χ0n) is 29.2. The van der Waals surface area contributed by atoms with Gasteiger partial charge in [0.05, 0.1) is 11.4 Å². The van der Waals surface area contributed by atoms with Gasteiger partial charge in [-0.2, -0.15) is 0 Å². The highest BCUT2D eigenvalue weighted by atomic mass is 15.1. The van der Waals surface area contributed by atoms with Crippen LogP contribution in [0.5, 0.6) is 0 Å². The van der Waals surface area contributed by atoms with Gasteiger partial charge in [-0.1, -0.05) is 170 Å². The van der Waals surface area contributed by atoms with E-state index in [1.807, 2.05) is 0 Å². The molecule has 1 heteroatoms. The fraction of sp³-hybridized carbons (Fsp3) is 0. The van der Waals surface area contributed by atoms with Crippen molar-refractivity contribution in [2.24, 2.45) is 0 Å². The first kappa shape index (κ1) is 30.8. The van der Waals surface area contributed by atoms with Crippen LogP contribution in [-0.4, -0.2) is 0 Å². The minimum Gasteiger partial charge on any atom is -0.309 e. The van der Waals surface area contributed by atoms with Gasteiger partial charge in [0.25, 0.3) is 0 Å². The van der Waals surface area contributed by atoms with Crippen molar-refractivity contribution >= 4 is 60.2 Å². The highest BCUT2D eigenvalue weighted by Gasteiger charge is 2.22. The number of hydrogen-bond acceptors (Lipinski definition) is 1. The van der Waals surface area contributed by atoms with Crippen molar-refractivity contribution in [3.05, 3.63) is 212 Å². The molecule has 1 nitrogen and oxygen atoms in total. The van der Waals surface area contributed by atoms with Gasteiger partial charge in [-0.15, -0.1) is 0 Å². The monoisotopic (exact) mass is 673 g/mol. The predicted molar refractivity (Wildman–Crippen MR) is 227 cm³/mol. The highest BCUT2D eigenvalue weighted by molar-refractivity contribution is 6.15. The molecule has 0 spiro atoms. The van der Waals surface area contributed by atoms with Crippen molar-refractivity contribution in [2.75, 3.05) is 4.90 Å². The van der Waals surface area contributed by atoms with Crippen LogP contribution in [0.2, 0.25) is 0 Å². The molecule has 53 heavy (non-hydrogen) atoms. The van der Waals surface area contributed by atoms with E-state index < -0.39 is 0 Å². The number of benzene rings is 10.